The molecule has 2 aromatic carbocycles. The lowest BCUT2D eigenvalue weighted by molar-refractivity contribution is 0.0519. The van der Waals surface area contributed by atoms with E-state index in [1.807, 2.05) is 13.8 Å². The SMILES string of the molecule is CCc1c(Cl)ccc(-c2cc(OCCN)no2)c1Cl.CCc1c(Cl)ccc(-c2cc(OCCNC(=O)OC(C)(C)C)no2)c1Cl.Cl. The van der Waals surface area contributed by atoms with Crippen molar-refractivity contribution in [1.29, 1.82) is 0 Å². The summed E-state index contributed by atoms with van der Waals surface area (Å²) < 4.78 is 26.4. The van der Waals surface area contributed by atoms with E-state index in [9.17, 15) is 4.79 Å². The Morgan fingerprint density at radius 3 is 1.70 bits per heavy atom. The number of hydrogen-bond donors (Lipinski definition) is 2. The van der Waals surface area contributed by atoms with Gasteiger partial charge in [0.25, 0.3) is 11.8 Å². The molecule has 10 nitrogen and oxygen atoms in total. The number of ether oxygens (including phenoxy) is 3. The fourth-order valence-corrected chi connectivity index (χ4v) is 5.38. The van der Waals surface area contributed by atoms with E-state index in [4.69, 9.17) is 75.4 Å². The molecule has 0 fully saturated rings. The maximum atomic E-state index is 11.5. The molecule has 0 aliphatic heterocycles. The number of benzene rings is 2. The summed E-state index contributed by atoms with van der Waals surface area (Å²) in [4.78, 5) is 11.5. The highest BCUT2D eigenvalue weighted by Crippen LogP contribution is 2.37. The minimum atomic E-state index is -0.541. The molecular weight excluding hydrogens is 702 g/mol. The molecule has 252 valence electrons. The highest BCUT2D eigenvalue weighted by molar-refractivity contribution is 6.38. The van der Waals surface area contributed by atoms with Crippen molar-refractivity contribution in [3.05, 3.63) is 67.6 Å². The predicted molar refractivity (Wildman–Crippen MR) is 184 cm³/mol. The van der Waals surface area contributed by atoms with E-state index in [2.05, 4.69) is 15.6 Å². The fourth-order valence-electron chi connectivity index (χ4n) is 3.92. The molecule has 0 aliphatic rings. The van der Waals surface area contributed by atoms with Crippen LogP contribution in [0.5, 0.6) is 11.8 Å². The summed E-state index contributed by atoms with van der Waals surface area (Å²) in [5.74, 6) is 1.72. The topological polar surface area (TPSA) is 135 Å². The summed E-state index contributed by atoms with van der Waals surface area (Å²) in [7, 11) is 0. The number of carbonyl (C=O) groups excluding carboxylic acids is 1. The maximum Gasteiger partial charge on any atom is 0.407 e. The lowest BCUT2D eigenvalue weighted by Crippen LogP contribution is -2.34. The number of aromatic nitrogens is 2. The molecule has 0 atom stereocenters. The third-order valence-electron chi connectivity index (χ3n) is 5.98. The number of amides is 1. The normalized spacial score (nSPS) is 10.8. The van der Waals surface area contributed by atoms with Crippen molar-refractivity contribution >= 4 is 64.9 Å². The first-order valence-corrected chi connectivity index (χ1v) is 15.7. The summed E-state index contributed by atoms with van der Waals surface area (Å²) in [6, 6.07) is 10.5. The van der Waals surface area contributed by atoms with Gasteiger partial charge in [0, 0.05) is 39.8 Å². The molecular formula is C31H37Cl5N4O6. The Hall–Kier alpha value is -2.86. The lowest BCUT2D eigenvalue weighted by Gasteiger charge is -2.19. The number of nitrogens with one attached hydrogen (secondary N) is 1. The van der Waals surface area contributed by atoms with Gasteiger partial charge in [-0.2, -0.15) is 0 Å². The Morgan fingerprint density at radius 1 is 0.826 bits per heavy atom. The summed E-state index contributed by atoms with van der Waals surface area (Å²) in [5.41, 5.74) is 8.00. The van der Waals surface area contributed by atoms with Gasteiger partial charge < -0.3 is 34.3 Å². The van der Waals surface area contributed by atoms with Gasteiger partial charge in [0.05, 0.1) is 16.6 Å². The Bertz CT molecular complexity index is 1570. The molecule has 0 spiro atoms. The van der Waals surface area contributed by atoms with Crippen molar-refractivity contribution in [2.75, 3.05) is 26.3 Å². The number of nitrogens with zero attached hydrogens (tertiary/aromatic N) is 2. The van der Waals surface area contributed by atoms with Gasteiger partial charge in [-0.25, -0.2) is 4.79 Å². The molecule has 0 saturated heterocycles. The number of alkyl carbamates (subject to hydrolysis) is 1. The molecule has 0 unspecified atom stereocenters. The lowest BCUT2D eigenvalue weighted by atomic mass is 10.1. The van der Waals surface area contributed by atoms with Crippen LogP contribution in [0.3, 0.4) is 0 Å². The second kappa shape index (κ2) is 18.5. The van der Waals surface area contributed by atoms with E-state index in [-0.39, 0.29) is 25.6 Å². The third kappa shape index (κ3) is 11.1. The molecule has 3 N–H and O–H groups in total. The minimum absolute atomic E-state index is 0. The van der Waals surface area contributed by atoms with Gasteiger partial charge in [-0.3, -0.25) is 0 Å². The molecule has 1 amide bonds. The number of rotatable bonds is 11. The quantitative estimate of drug-likeness (QED) is 0.145. The van der Waals surface area contributed by atoms with Crippen molar-refractivity contribution in [3.63, 3.8) is 0 Å². The second-order valence-corrected chi connectivity index (χ2v) is 12.0. The Labute approximate surface area is 294 Å². The summed E-state index contributed by atoms with van der Waals surface area (Å²) in [6.45, 7) is 10.7. The summed E-state index contributed by atoms with van der Waals surface area (Å²) in [6.07, 6.45) is 0.956. The predicted octanol–water partition coefficient (Wildman–Crippen LogP) is 9.08. The van der Waals surface area contributed by atoms with Crippen LogP contribution >= 0.6 is 58.8 Å². The van der Waals surface area contributed by atoms with E-state index in [1.165, 1.54) is 0 Å². The molecule has 2 aromatic heterocycles. The van der Waals surface area contributed by atoms with Gasteiger partial charge in [-0.1, -0.05) is 60.3 Å². The van der Waals surface area contributed by atoms with Crippen molar-refractivity contribution in [1.82, 2.24) is 15.6 Å². The monoisotopic (exact) mass is 736 g/mol. The van der Waals surface area contributed by atoms with E-state index in [0.29, 0.717) is 68.5 Å². The van der Waals surface area contributed by atoms with E-state index in [0.717, 1.165) is 23.1 Å². The average Bonchev–Trinajstić information content (AvgIpc) is 3.64. The first-order valence-electron chi connectivity index (χ1n) is 14.2. The number of halogens is 5. The van der Waals surface area contributed by atoms with Crippen LogP contribution in [0.1, 0.15) is 45.7 Å². The largest absolute Gasteiger partial charge is 0.474 e. The zero-order valence-corrected chi connectivity index (χ0v) is 29.9. The highest BCUT2D eigenvalue weighted by Gasteiger charge is 2.18. The van der Waals surface area contributed by atoms with Crippen LogP contribution in [0.2, 0.25) is 20.1 Å². The average molecular weight is 739 g/mol. The Morgan fingerprint density at radius 2 is 1.28 bits per heavy atom. The fraction of sp³-hybridized carbons (Fsp3) is 0.387. The maximum absolute atomic E-state index is 11.5. The van der Waals surface area contributed by atoms with Crippen molar-refractivity contribution in [2.24, 2.45) is 5.73 Å². The van der Waals surface area contributed by atoms with Crippen molar-refractivity contribution in [3.8, 4) is 34.4 Å². The Kier molecular flexibility index (Phi) is 15.8. The molecule has 2 heterocycles. The molecule has 0 bridgehead atoms. The van der Waals surface area contributed by atoms with Crippen LogP contribution in [0.4, 0.5) is 4.79 Å². The van der Waals surface area contributed by atoms with Crippen LogP contribution in [0.15, 0.2) is 45.4 Å². The zero-order chi connectivity index (χ0) is 33.1. The van der Waals surface area contributed by atoms with Gasteiger partial charge >= 0.3 is 6.09 Å². The number of carbonyl (C=O) groups is 1. The highest BCUT2D eigenvalue weighted by atomic mass is 35.5. The van der Waals surface area contributed by atoms with E-state index < -0.39 is 11.7 Å². The van der Waals surface area contributed by atoms with Gasteiger partial charge in [0.2, 0.25) is 0 Å². The van der Waals surface area contributed by atoms with Crippen molar-refractivity contribution < 1.29 is 28.1 Å². The Balaban J connectivity index is 0.000000328. The van der Waals surface area contributed by atoms with Gasteiger partial charge in [-0.05, 0) is 79.3 Å². The van der Waals surface area contributed by atoms with Crippen LogP contribution in [0.25, 0.3) is 22.6 Å². The molecule has 4 rings (SSSR count). The first-order chi connectivity index (χ1) is 21.4. The third-order valence-corrected chi connectivity index (χ3v) is 7.55. The molecule has 4 aromatic rings. The zero-order valence-electron chi connectivity index (χ0n) is 26.0. The molecule has 0 saturated carbocycles. The number of nitrogens with two attached hydrogens (primary N) is 1. The van der Waals surface area contributed by atoms with E-state index >= 15 is 0 Å². The molecule has 0 aliphatic carbocycles. The summed E-state index contributed by atoms with van der Waals surface area (Å²) in [5, 5.41) is 12.6. The van der Waals surface area contributed by atoms with Gasteiger partial charge in [-0.15, -0.1) is 12.4 Å². The van der Waals surface area contributed by atoms with Crippen LogP contribution in [0, 0.1) is 0 Å². The standard InChI is InChI=1S/C18H22Cl2N2O4.C13H14Cl2N2O2.ClH/c1-5-11-13(19)7-6-12(16(11)20)14-10-15(22-26-14)24-9-8-21-17(23)25-18(2,3)4;1-2-8-10(14)4-3-9(13(8)15)11-7-12(17-19-11)18-6-5-16;/h6-7,10H,5,8-9H2,1-4H3,(H,21,23);3-4,7H,2,5-6,16H2,1H3;1H. The smallest absolute Gasteiger partial charge is 0.407 e. The summed E-state index contributed by atoms with van der Waals surface area (Å²) >= 11 is 25.0. The molecule has 15 heteroatoms. The second-order valence-electron chi connectivity index (χ2n) is 10.5. The van der Waals surface area contributed by atoms with Crippen LogP contribution in [-0.2, 0) is 17.6 Å². The van der Waals surface area contributed by atoms with Crippen molar-refractivity contribution in [2.45, 2.75) is 53.1 Å². The van der Waals surface area contributed by atoms with Gasteiger partial charge in [0.15, 0.2) is 11.5 Å². The van der Waals surface area contributed by atoms with Gasteiger partial charge in [0.1, 0.15) is 18.8 Å². The number of hydrogen-bond acceptors (Lipinski definition) is 9. The van der Waals surface area contributed by atoms with Crippen LogP contribution in [-0.4, -0.2) is 48.3 Å². The molecule has 0 radical (unpaired) electrons. The van der Waals surface area contributed by atoms with E-state index in [1.54, 1.807) is 57.2 Å². The minimum Gasteiger partial charge on any atom is -0.474 e. The van der Waals surface area contributed by atoms with Crippen LogP contribution < -0.4 is 20.5 Å². The molecule has 46 heavy (non-hydrogen) atoms. The first kappa shape index (κ1) is 39.3.